The molecule has 3 heterocycles. The molecule has 7 nitrogen and oxygen atoms in total. The van der Waals surface area contributed by atoms with Crippen molar-refractivity contribution in [3.8, 4) is 10.8 Å². The maximum atomic E-state index is 12.5. The molecule has 3 aromatic heterocycles. The Labute approximate surface area is 168 Å². The number of para-hydroxylation sites is 1. The van der Waals surface area contributed by atoms with Gasteiger partial charge in [0.25, 0.3) is 0 Å². The zero-order valence-electron chi connectivity index (χ0n) is 14.5. The molecule has 0 unspecified atom stereocenters. The number of hydrogen-bond donors (Lipinski definition) is 1. The van der Waals surface area contributed by atoms with E-state index in [1.165, 1.54) is 29.9 Å². The van der Waals surface area contributed by atoms with E-state index in [1.54, 1.807) is 12.1 Å². The zero-order valence-corrected chi connectivity index (χ0v) is 17.0. The number of benzene rings is 1. The predicted molar refractivity (Wildman–Crippen MR) is 107 cm³/mol. The summed E-state index contributed by atoms with van der Waals surface area (Å²) in [6.45, 7) is -0.0519. The minimum Gasteiger partial charge on any atom is -0.465 e. The Morgan fingerprint density at radius 3 is 2.82 bits per heavy atom. The van der Waals surface area contributed by atoms with Gasteiger partial charge in [-0.3, -0.25) is 0 Å². The van der Waals surface area contributed by atoms with Crippen LogP contribution in [0.1, 0.15) is 15.4 Å². The first-order chi connectivity index (χ1) is 13.5. The first-order valence-corrected chi connectivity index (χ1v) is 11.3. The molecule has 0 spiro atoms. The number of hydrogen-bond acceptors (Lipinski definition) is 8. The van der Waals surface area contributed by atoms with Crippen molar-refractivity contribution in [2.24, 2.45) is 0 Å². The third kappa shape index (κ3) is 3.59. The van der Waals surface area contributed by atoms with E-state index in [0.717, 1.165) is 26.6 Å². The smallest absolute Gasteiger partial charge is 0.349 e. The largest absolute Gasteiger partial charge is 0.465 e. The Bertz CT molecular complexity index is 1220. The Balaban J connectivity index is 1.51. The van der Waals surface area contributed by atoms with E-state index >= 15 is 0 Å². The van der Waals surface area contributed by atoms with Crippen molar-refractivity contribution in [1.29, 1.82) is 0 Å². The molecule has 0 amide bonds. The number of thiazole rings is 1. The van der Waals surface area contributed by atoms with Crippen molar-refractivity contribution in [2.75, 3.05) is 7.11 Å². The Hall–Kier alpha value is -2.53. The number of thiophene rings is 1. The highest BCUT2D eigenvalue weighted by Gasteiger charge is 2.24. The zero-order chi connectivity index (χ0) is 19.7. The van der Waals surface area contributed by atoms with Crippen molar-refractivity contribution in [3.05, 3.63) is 58.5 Å². The summed E-state index contributed by atoms with van der Waals surface area (Å²) in [7, 11) is -2.68. The van der Waals surface area contributed by atoms with Gasteiger partial charge in [-0.25, -0.2) is 22.9 Å². The second-order valence-electron chi connectivity index (χ2n) is 5.68. The highest BCUT2D eigenvalue weighted by atomic mass is 32.2. The van der Waals surface area contributed by atoms with Crippen LogP contribution in [0.4, 0.5) is 0 Å². The number of carbonyl (C=O) groups excluding carboxylic acids is 1. The highest BCUT2D eigenvalue weighted by Crippen LogP contribution is 2.31. The van der Waals surface area contributed by atoms with Crippen molar-refractivity contribution in [2.45, 2.75) is 11.4 Å². The van der Waals surface area contributed by atoms with Crippen molar-refractivity contribution in [3.63, 3.8) is 0 Å². The molecule has 0 saturated heterocycles. The molecule has 1 N–H and O–H groups in total. The third-order valence-electron chi connectivity index (χ3n) is 3.89. The molecule has 0 aliphatic carbocycles. The lowest BCUT2D eigenvalue weighted by Gasteiger charge is -2.05. The van der Waals surface area contributed by atoms with Gasteiger partial charge in [-0.1, -0.05) is 12.1 Å². The summed E-state index contributed by atoms with van der Waals surface area (Å²) >= 11 is 2.51. The molecule has 1 aromatic carbocycles. The van der Waals surface area contributed by atoms with Crippen molar-refractivity contribution in [1.82, 2.24) is 9.71 Å². The van der Waals surface area contributed by atoms with Gasteiger partial charge in [0.05, 0.1) is 23.9 Å². The number of aromatic nitrogens is 1. The van der Waals surface area contributed by atoms with Crippen molar-refractivity contribution >= 4 is 48.9 Å². The van der Waals surface area contributed by atoms with Crippen LogP contribution >= 0.6 is 22.7 Å². The van der Waals surface area contributed by atoms with Gasteiger partial charge in [0.15, 0.2) is 10.8 Å². The van der Waals surface area contributed by atoms with Crippen molar-refractivity contribution < 1.29 is 22.4 Å². The summed E-state index contributed by atoms with van der Waals surface area (Å²) in [5.74, 6) is 0.320. The van der Waals surface area contributed by atoms with E-state index in [-0.39, 0.29) is 16.3 Å². The molecule has 144 valence electrons. The molecular formula is C18H14N2O5S3. The molecule has 0 radical (unpaired) electrons. The maximum absolute atomic E-state index is 12.5. The number of esters is 1. The minimum absolute atomic E-state index is 0.0320. The van der Waals surface area contributed by atoms with Crippen LogP contribution in [0.5, 0.6) is 0 Å². The molecule has 0 atom stereocenters. The van der Waals surface area contributed by atoms with E-state index in [4.69, 9.17) is 4.42 Å². The fourth-order valence-electron chi connectivity index (χ4n) is 2.56. The quantitative estimate of drug-likeness (QED) is 0.463. The number of furan rings is 1. The minimum atomic E-state index is -3.89. The van der Waals surface area contributed by atoms with Gasteiger partial charge in [0.1, 0.15) is 15.5 Å². The summed E-state index contributed by atoms with van der Waals surface area (Å²) < 4.78 is 38.9. The summed E-state index contributed by atoms with van der Waals surface area (Å²) in [5.41, 5.74) is 0.883. The Kier molecular flexibility index (Phi) is 5.02. The lowest BCUT2D eigenvalue weighted by molar-refractivity contribution is 0.0602. The summed E-state index contributed by atoms with van der Waals surface area (Å²) in [5, 5.41) is 2.25. The van der Waals surface area contributed by atoms with E-state index in [2.05, 4.69) is 14.4 Å². The van der Waals surface area contributed by atoms with Crippen LogP contribution in [0.15, 0.2) is 57.2 Å². The van der Waals surface area contributed by atoms with Gasteiger partial charge >= 0.3 is 5.97 Å². The SMILES string of the molecule is COC(=O)c1sccc1S(=O)(=O)NCc1ccc(-c2nc3ccccc3s2)o1. The average molecular weight is 435 g/mol. The molecule has 0 aliphatic rings. The number of methoxy groups -OCH3 is 1. The molecule has 4 rings (SSSR count). The molecule has 0 fully saturated rings. The van der Waals surface area contributed by atoms with Crippen LogP contribution in [0, 0.1) is 0 Å². The molecule has 28 heavy (non-hydrogen) atoms. The standard InChI is InChI=1S/C18H14N2O5S3/c1-24-18(21)16-15(8-9-26-16)28(22,23)19-10-11-6-7-13(25-11)17-20-12-4-2-3-5-14(12)27-17/h2-9,19H,10H2,1H3. The second kappa shape index (κ2) is 7.47. The second-order valence-corrected chi connectivity index (χ2v) is 9.36. The Morgan fingerprint density at radius 2 is 2.04 bits per heavy atom. The van der Waals surface area contributed by atoms with Crippen LogP contribution in [0.2, 0.25) is 0 Å². The highest BCUT2D eigenvalue weighted by molar-refractivity contribution is 7.89. The predicted octanol–water partition coefficient (Wildman–Crippen LogP) is 3.88. The summed E-state index contributed by atoms with van der Waals surface area (Å²) in [6.07, 6.45) is 0. The van der Waals surface area contributed by atoms with Gasteiger partial charge < -0.3 is 9.15 Å². The number of ether oxygens (including phenoxy) is 1. The lowest BCUT2D eigenvalue weighted by atomic mass is 10.3. The number of carbonyl (C=O) groups is 1. The van der Waals surface area contributed by atoms with Crippen LogP contribution < -0.4 is 4.72 Å². The van der Waals surface area contributed by atoms with Crippen LogP contribution in [0.3, 0.4) is 0 Å². The number of nitrogens with one attached hydrogen (secondary N) is 1. The number of rotatable bonds is 6. The molecule has 0 bridgehead atoms. The number of fused-ring (bicyclic) bond motifs is 1. The topological polar surface area (TPSA) is 98.5 Å². The van der Waals surface area contributed by atoms with E-state index < -0.39 is 16.0 Å². The fraction of sp³-hybridized carbons (Fsp3) is 0.111. The maximum Gasteiger partial charge on any atom is 0.349 e. The third-order valence-corrected chi connectivity index (χ3v) is 7.41. The van der Waals surface area contributed by atoms with Gasteiger partial charge in [0.2, 0.25) is 10.0 Å². The van der Waals surface area contributed by atoms with Crippen LogP contribution in [-0.4, -0.2) is 26.5 Å². The fourth-order valence-corrected chi connectivity index (χ4v) is 5.81. The van der Waals surface area contributed by atoms with E-state index in [0.29, 0.717) is 11.5 Å². The lowest BCUT2D eigenvalue weighted by Crippen LogP contribution is -2.24. The normalized spacial score (nSPS) is 11.8. The number of sulfonamides is 1. The van der Waals surface area contributed by atoms with Crippen LogP contribution in [0.25, 0.3) is 21.0 Å². The summed E-state index contributed by atoms with van der Waals surface area (Å²) in [4.78, 5) is 16.2. The van der Waals surface area contributed by atoms with Gasteiger partial charge in [0, 0.05) is 0 Å². The first-order valence-electron chi connectivity index (χ1n) is 8.08. The molecule has 4 aromatic rings. The first kappa shape index (κ1) is 18.8. The molecule has 0 aliphatic heterocycles. The van der Waals surface area contributed by atoms with Crippen LogP contribution in [-0.2, 0) is 21.3 Å². The van der Waals surface area contributed by atoms with E-state index in [1.807, 2.05) is 24.3 Å². The van der Waals surface area contributed by atoms with Gasteiger partial charge in [-0.15, -0.1) is 22.7 Å². The average Bonchev–Trinajstić information content (AvgIpc) is 3.44. The van der Waals surface area contributed by atoms with Gasteiger partial charge in [-0.2, -0.15) is 0 Å². The van der Waals surface area contributed by atoms with E-state index in [9.17, 15) is 13.2 Å². The summed E-state index contributed by atoms with van der Waals surface area (Å²) in [6, 6.07) is 12.6. The molecular weight excluding hydrogens is 420 g/mol. The molecule has 0 saturated carbocycles. The Morgan fingerprint density at radius 1 is 1.21 bits per heavy atom. The molecule has 10 heteroatoms. The monoisotopic (exact) mass is 434 g/mol. The van der Waals surface area contributed by atoms with Gasteiger partial charge in [-0.05, 0) is 35.7 Å². The number of nitrogens with zero attached hydrogens (tertiary/aromatic N) is 1.